The number of allylic oxidation sites excluding steroid dienone is 2. The minimum Gasteiger partial charge on any atom is -0.468 e. The summed E-state index contributed by atoms with van der Waals surface area (Å²) in [7, 11) is 0. The van der Waals surface area contributed by atoms with E-state index in [4.69, 9.17) is 10.3 Å². The Morgan fingerprint density at radius 1 is 1.53 bits per heavy atom. The van der Waals surface area contributed by atoms with Crippen LogP contribution in [0.25, 0.3) is 5.57 Å². The molecule has 1 N–H and O–H groups in total. The Balaban J connectivity index is 2.24. The summed E-state index contributed by atoms with van der Waals surface area (Å²) in [6, 6.07) is 1.79. The van der Waals surface area contributed by atoms with Crippen molar-refractivity contribution in [2.45, 2.75) is 12.6 Å². The van der Waals surface area contributed by atoms with Crippen LogP contribution < -0.4 is 0 Å². The smallest absolute Gasteiger partial charge is 0.234 e. The topological polar surface area (TPSA) is 71.2 Å². The molecule has 1 unspecified atom stereocenters. The Morgan fingerprint density at radius 2 is 2.40 bits per heavy atom. The lowest BCUT2D eigenvalue weighted by Crippen LogP contribution is -2.21. The molecule has 0 saturated heterocycles. The maximum absolute atomic E-state index is 6.96. The van der Waals surface area contributed by atoms with Gasteiger partial charge in [-0.15, -0.1) is 5.11 Å². The van der Waals surface area contributed by atoms with Crippen molar-refractivity contribution in [3.63, 3.8) is 0 Å². The minimum absolute atomic E-state index is 0.785. The monoisotopic (exact) mass is 202 g/mol. The van der Waals surface area contributed by atoms with Crippen LogP contribution in [0.1, 0.15) is 12.6 Å². The van der Waals surface area contributed by atoms with E-state index in [9.17, 15) is 0 Å². The van der Waals surface area contributed by atoms with Gasteiger partial charge in [0, 0.05) is 18.7 Å². The highest BCUT2D eigenvalue weighted by Gasteiger charge is 2.23. The Hall–Kier alpha value is -2.04. The van der Waals surface area contributed by atoms with Crippen molar-refractivity contribution in [2.24, 2.45) is 5.11 Å². The molecule has 1 aliphatic rings. The summed E-state index contributed by atoms with van der Waals surface area (Å²) in [6.07, 6.45) is 8.26. The van der Waals surface area contributed by atoms with Crippen LogP contribution in [0.2, 0.25) is 0 Å². The number of nitrogens with one attached hydrogen (secondary N) is 1. The van der Waals surface area contributed by atoms with Gasteiger partial charge in [0.15, 0.2) is 0 Å². The number of hydrogen-bond acceptors (Lipinski definition) is 5. The molecule has 0 aromatic carbocycles. The molecular formula is C10H10N4O. The van der Waals surface area contributed by atoms with Gasteiger partial charge in [-0.3, -0.25) is 0 Å². The van der Waals surface area contributed by atoms with Crippen molar-refractivity contribution in [1.29, 1.82) is 5.53 Å². The zero-order valence-electron chi connectivity index (χ0n) is 8.21. The molecule has 76 valence electrons. The Bertz CT molecular complexity index is 426. The second-order valence-electron chi connectivity index (χ2n) is 3.29. The highest BCUT2D eigenvalue weighted by molar-refractivity contribution is 5.71. The van der Waals surface area contributed by atoms with Crippen molar-refractivity contribution < 1.29 is 4.74 Å². The molecule has 0 aliphatic carbocycles. The number of hydrogen-bond donors (Lipinski definition) is 1. The van der Waals surface area contributed by atoms with Crippen LogP contribution in [0.15, 0.2) is 42.1 Å². The molecule has 2 rings (SSSR count). The van der Waals surface area contributed by atoms with Crippen LogP contribution in [0.3, 0.4) is 0 Å². The lowest BCUT2D eigenvalue weighted by molar-refractivity contribution is 0.0833. The first-order valence-corrected chi connectivity index (χ1v) is 4.46. The van der Waals surface area contributed by atoms with Gasteiger partial charge in [0.1, 0.15) is 6.33 Å². The molecule has 0 saturated carbocycles. The maximum Gasteiger partial charge on any atom is 0.234 e. The second-order valence-corrected chi connectivity index (χ2v) is 3.29. The number of aromatic nitrogens is 2. The Labute approximate surface area is 87.0 Å². The molecule has 2 heterocycles. The molecular weight excluding hydrogens is 192 g/mol. The quantitative estimate of drug-likeness (QED) is 0.747. The average Bonchev–Trinajstić information content (AvgIpc) is 2.31. The maximum atomic E-state index is 6.96. The molecule has 15 heavy (non-hydrogen) atoms. The first-order valence-electron chi connectivity index (χ1n) is 4.46. The fourth-order valence-electron chi connectivity index (χ4n) is 1.18. The van der Waals surface area contributed by atoms with Crippen molar-refractivity contribution in [2.75, 3.05) is 0 Å². The van der Waals surface area contributed by atoms with Gasteiger partial charge in [-0.1, -0.05) is 0 Å². The van der Waals surface area contributed by atoms with Crippen LogP contribution in [0.4, 0.5) is 0 Å². The van der Waals surface area contributed by atoms with E-state index in [0.717, 1.165) is 11.3 Å². The molecule has 1 aromatic rings. The molecule has 0 spiro atoms. The van der Waals surface area contributed by atoms with E-state index in [-0.39, 0.29) is 0 Å². The predicted molar refractivity (Wildman–Crippen MR) is 53.8 cm³/mol. The van der Waals surface area contributed by atoms with E-state index in [1.54, 1.807) is 31.5 Å². The van der Waals surface area contributed by atoms with E-state index in [0.29, 0.717) is 0 Å². The van der Waals surface area contributed by atoms with Gasteiger partial charge < -0.3 is 4.74 Å². The largest absolute Gasteiger partial charge is 0.468 e. The zero-order valence-corrected chi connectivity index (χ0v) is 8.21. The summed E-state index contributed by atoms with van der Waals surface area (Å²) in [5, 5.41) is 3.37. The molecule has 5 heteroatoms. The van der Waals surface area contributed by atoms with Gasteiger partial charge in [0.25, 0.3) is 0 Å². The molecule has 0 fully saturated rings. The standard InChI is InChI=1S/C10H10N4O/c1-10(14-11)4-2-8(6-15-10)9-3-5-12-7-13-9/h2-7,11H,1H3. The van der Waals surface area contributed by atoms with Crippen molar-refractivity contribution >= 4 is 5.57 Å². The van der Waals surface area contributed by atoms with E-state index >= 15 is 0 Å². The zero-order chi connectivity index (χ0) is 10.7. The summed E-state index contributed by atoms with van der Waals surface area (Å²) in [5.74, 6) is 0. The van der Waals surface area contributed by atoms with Crippen LogP contribution in [-0.4, -0.2) is 15.7 Å². The van der Waals surface area contributed by atoms with Crippen LogP contribution in [-0.2, 0) is 4.74 Å². The summed E-state index contributed by atoms with van der Waals surface area (Å²) >= 11 is 0. The van der Waals surface area contributed by atoms with Crippen LogP contribution >= 0.6 is 0 Å². The molecule has 0 radical (unpaired) electrons. The summed E-state index contributed by atoms with van der Waals surface area (Å²) in [5.41, 5.74) is 7.71. The highest BCUT2D eigenvalue weighted by Crippen LogP contribution is 2.25. The highest BCUT2D eigenvalue weighted by atomic mass is 16.5. The fourth-order valence-corrected chi connectivity index (χ4v) is 1.18. The van der Waals surface area contributed by atoms with E-state index in [1.165, 1.54) is 6.33 Å². The average molecular weight is 202 g/mol. The predicted octanol–water partition coefficient (Wildman–Crippen LogP) is 2.15. The SMILES string of the molecule is CC1(N=N)C=CC(c2ccncn2)=CO1. The molecule has 1 atom stereocenters. The van der Waals surface area contributed by atoms with E-state index < -0.39 is 5.72 Å². The van der Waals surface area contributed by atoms with Crippen molar-refractivity contribution in [3.8, 4) is 0 Å². The van der Waals surface area contributed by atoms with Gasteiger partial charge in [-0.25, -0.2) is 15.5 Å². The lowest BCUT2D eigenvalue weighted by atomic mass is 10.1. The minimum atomic E-state index is -0.878. The summed E-state index contributed by atoms with van der Waals surface area (Å²) in [4.78, 5) is 7.92. The fraction of sp³-hybridized carbons (Fsp3) is 0.200. The molecule has 1 aliphatic heterocycles. The van der Waals surface area contributed by atoms with Crippen molar-refractivity contribution in [3.05, 3.63) is 42.7 Å². The third-order valence-electron chi connectivity index (χ3n) is 2.10. The van der Waals surface area contributed by atoms with E-state index in [1.807, 2.05) is 6.08 Å². The number of rotatable bonds is 2. The molecule has 1 aromatic heterocycles. The first kappa shape index (κ1) is 9.51. The molecule has 5 nitrogen and oxygen atoms in total. The van der Waals surface area contributed by atoms with Gasteiger partial charge in [-0.05, 0) is 18.2 Å². The normalized spacial score (nSPS) is 24.2. The van der Waals surface area contributed by atoms with Gasteiger partial charge in [0.05, 0.1) is 12.0 Å². The van der Waals surface area contributed by atoms with Crippen molar-refractivity contribution in [1.82, 2.24) is 9.97 Å². The number of ether oxygens (including phenoxy) is 1. The third kappa shape index (κ3) is 1.90. The summed E-state index contributed by atoms with van der Waals surface area (Å²) < 4.78 is 5.32. The molecule has 0 bridgehead atoms. The Morgan fingerprint density at radius 3 is 2.93 bits per heavy atom. The van der Waals surface area contributed by atoms with Gasteiger partial charge in [-0.2, -0.15) is 0 Å². The van der Waals surface area contributed by atoms with Gasteiger partial charge >= 0.3 is 0 Å². The van der Waals surface area contributed by atoms with Crippen LogP contribution in [0.5, 0.6) is 0 Å². The first-order chi connectivity index (χ1) is 7.23. The number of nitrogens with zero attached hydrogens (tertiary/aromatic N) is 3. The van der Waals surface area contributed by atoms with Crippen LogP contribution in [0, 0.1) is 5.53 Å². The lowest BCUT2D eigenvalue weighted by Gasteiger charge is -2.22. The van der Waals surface area contributed by atoms with Gasteiger partial charge in [0.2, 0.25) is 5.72 Å². The third-order valence-corrected chi connectivity index (χ3v) is 2.10. The molecule has 0 amide bonds. The Kier molecular flexibility index (Phi) is 2.29. The van der Waals surface area contributed by atoms with E-state index in [2.05, 4.69) is 15.1 Å². The summed E-state index contributed by atoms with van der Waals surface area (Å²) in [6.45, 7) is 1.71. The second kappa shape index (κ2) is 3.61.